The lowest BCUT2D eigenvalue weighted by Crippen LogP contribution is -2.26. The minimum Gasteiger partial charge on any atom is -0.355 e. The first kappa shape index (κ1) is 17.3. The number of likely N-dealkylation sites (N-methyl/N-ethyl adjacent to an activating group) is 1. The Morgan fingerprint density at radius 2 is 2.09 bits per heavy atom. The molecule has 1 aromatic rings. The van der Waals surface area contributed by atoms with E-state index in [1.54, 1.807) is 19.2 Å². The summed E-state index contributed by atoms with van der Waals surface area (Å²) >= 11 is 5.55. The van der Waals surface area contributed by atoms with Gasteiger partial charge in [0.1, 0.15) is 10.7 Å². The number of hydrogen-bond acceptors (Lipinski definition) is 4. The van der Waals surface area contributed by atoms with E-state index in [2.05, 4.69) is 20.6 Å². The van der Waals surface area contributed by atoms with Gasteiger partial charge in [0.05, 0.1) is 0 Å². The molecule has 1 atom stereocenters. The summed E-state index contributed by atoms with van der Waals surface area (Å²) in [5.74, 6) is -0.243. The van der Waals surface area contributed by atoms with Crippen LogP contribution < -0.4 is 10.6 Å². The van der Waals surface area contributed by atoms with Crippen molar-refractivity contribution >= 4 is 23.5 Å². The molecule has 0 saturated carbocycles. The fraction of sp³-hybridized carbons (Fsp3) is 0.357. The molecule has 0 fully saturated rings. The zero-order chi connectivity index (χ0) is 17.2. The maximum atomic E-state index is 12.6. The molecule has 23 heavy (non-hydrogen) atoms. The van der Waals surface area contributed by atoms with Gasteiger partial charge in [0.2, 0.25) is 11.9 Å². The van der Waals surface area contributed by atoms with Crippen molar-refractivity contribution in [1.82, 2.24) is 15.3 Å². The van der Waals surface area contributed by atoms with Gasteiger partial charge in [-0.25, -0.2) is 9.97 Å². The molecule has 0 radical (unpaired) electrons. The molecule has 1 heterocycles. The zero-order valence-corrected chi connectivity index (χ0v) is 13.1. The fourth-order valence-corrected chi connectivity index (χ4v) is 2.39. The average Bonchev–Trinajstić information content (AvgIpc) is 2.45. The molecule has 0 saturated heterocycles. The average molecular weight is 347 g/mol. The maximum Gasteiger partial charge on any atom is 0.420 e. The predicted molar refractivity (Wildman–Crippen MR) is 79.7 cm³/mol. The molecule has 1 aliphatic carbocycles. The fourth-order valence-electron chi connectivity index (χ4n) is 2.15. The molecule has 0 aromatic carbocycles. The van der Waals surface area contributed by atoms with E-state index in [9.17, 15) is 18.0 Å². The molecule has 2 rings (SSSR count). The van der Waals surface area contributed by atoms with Crippen LogP contribution in [0, 0.1) is 5.92 Å². The number of carbonyl (C=O) groups is 1. The number of aromatic nitrogens is 2. The molecule has 1 aliphatic rings. The van der Waals surface area contributed by atoms with E-state index in [0.29, 0.717) is 23.9 Å². The Morgan fingerprint density at radius 3 is 2.61 bits per heavy atom. The van der Waals surface area contributed by atoms with Crippen LogP contribution in [-0.4, -0.2) is 22.9 Å². The molecule has 5 nitrogen and oxygen atoms in total. The van der Waals surface area contributed by atoms with Gasteiger partial charge in [-0.1, -0.05) is 24.6 Å². The number of amides is 1. The second-order valence-corrected chi connectivity index (χ2v) is 5.38. The monoisotopic (exact) mass is 346 g/mol. The molecule has 0 aliphatic heterocycles. The van der Waals surface area contributed by atoms with Gasteiger partial charge in [-0.15, -0.1) is 0 Å². The number of anilines is 1. The molecule has 2 N–H and O–H groups in total. The third-order valence-corrected chi connectivity index (χ3v) is 3.62. The Labute approximate surface area is 135 Å². The second kappa shape index (κ2) is 6.57. The third kappa shape index (κ3) is 4.01. The summed E-state index contributed by atoms with van der Waals surface area (Å²) in [7, 11) is 1.55. The first-order chi connectivity index (χ1) is 10.7. The van der Waals surface area contributed by atoms with Crippen molar-refractivity contribution in [3.05, 3.63) is 40.3 Å². The number of rotatable bonds is 3. The SMILES string of the molecule is CNC(=O)C1=CC=C(Nc2ncc(C(F)(F)F)c(Cl)n2)CC1C. The first-order valence-electron chi connectivity index (χ1n) is 6.72. The van der Waals surface area contributed by atoms with Gasteiger partial charge in [-0.2, -0.15) is 13.2 Å². The molecular weight excluding hydrogens is 333 g/mol. The minimum atomic E-state index is -4.60. The summed E-state index contributed by atoms with van der Waals surface area (Å²) in [4.78, 5) is 18.9. The molecule has 0 spiro atoms. The molecule has 0 bridgehead atoms. The van der Waals surface area contributed by atoms with Crippen molar-refractivity contribution in [3.8, 4) is 0 Å². The van der Waals surface area contributed by atoms with Gasteiger partial charge in [0, 0.05) is 24.5 Å². The van der Waals surface area contributed by atoms with E-state index >= 15 is 0 Å². The van der Waals surface area contributed by atoms with E-state index in [-0.39, 0.29) is 17.8 Å². The van der Waals surface area contributed by atoms with Gasteiger partial charge in [-0.3, -0.25) is 4.79 Å². The Hall–Kier alpha value is -2.09. The van der Waals surface area contributed by atoms with E-state index in [1.165, 1.54) is 0 Å². The van der Waals surface area contributed by atoms with Crippen molar-refractivity contribution in [2.24, 2.45) is 5.92 Å². The highest BCUT2D eigenvalue weighted by molar-refractivity contribution is 6.30. The summed E-state index contributed by atoms with van der Waals surface area (Å²) < 4.78 is 37.8. The summed E-state index contributed by atoms with van der Waals surface area (Å²) in [5.41, 5.74) is 0.225. The molecular formula is C14H14ClF3N4O. The predicted octanol–water partition coefficient (Wildman–Crippen LogP) is 3.16. The standard InChI is InChI=1S/C14H14ClF3N4O/c1-7-5-8(3-4-9(7)12(23)19-2)21-13-20-6-10(11(15)22-13)14(16,17)18/h3-4,6-7H,5H2,1-2H3,(H,19,23)(H,20,21,22). The Morgan fingerprint density at radius 1 is 1.39 bits per heavy atom. The number of hydrogen-bond donors (Lipinski definition) is 2. The van der Waals surface area contributed by atoms with Gasteiger partial charge >= 0.3 is 6.18 Å². The largest absolute Gasteiger partial charge is 0.420 e. The van der Waals surface area contributed by atoms with Crippen molar-refractivity contribution in [3.63, 3.8) is 0 Å². The van der Waals surface area contributed by atoms with Crippen LogP contribution in [0.5, 0.6) is 0 Å². The molecule has 1 unspecified atom stereocenters. The lowest BCUT2D eigenvalue weighted by atomic mass is 9.91. The van der Waals surface area contributed by atoms with Crippen LogP contribution in [0.2, 0.25) is 5.15 Å². The van der Waals surface area contributed by atoms with Crippen molar-refractivity contribution in [1.29, 1.82) is 0 Å². The summed E-state index contributed by atoms with van der Waals surface area (Å²) in [6, 6.07) is 0. The van der Waals surface area contributed by atoms with Gasteiger partial charge < -0.3 is 10.6 Å². The second-order valence-electron chi connectivity index (χ2n) is 5.02. The summed E-state index contributed by atoms with van der Waals surface area (Å²) in [5, 5.41) is 4.71. The number of alkyl halides is 3. The Balaban J connectivity index is 2.18. The third-order valence-electron chi connectivity index (χ3n) is 3.33. The zero-order valence-electron chi connectivity index (χ0n) is 12.3. The quantitative estimate of drug-likeness (QED) is 0.825. The maximum absolute atomic E-state index is 12.6. The molecule has 1 amide bonds. The van der Waals surface area contributed by atoms with Crippen LogP contribution in [0.15, 0.2) is 29.6 Å². The summed E-state index contributed by atoms with van der Waals surface area (Å²) in [6.07, 6.45) is -0.141. The number of carbonyl (C=O) groups excluding carboxylic acids is 1. The smallest absolute Gasteiger partial charge is 0.355 e. The topological polar surface area (TPSA) is 66.9 Å². The Kier molecular flexibility index (Phi) is 4.93. The highest BCUT2D eigenvalue weighted by Crippen LogP contribution is 2.33. The van der Waals surface area contributed by atoms with Gasteiger partial charge in [0.25, 0.3) is 0 Å². The van der Waals surface area contributed by atoms with Crippen LogP contribution in [-0.2, 0) is 11.0 Å². The van der Waals surface area contributed by atoms with E-state index in [4.69, 9.17) is 11.6 Å². The van der Waals surface area contributed by atoms with Crippen molar-refractivity contribution in [2.75, 3.05) is 12.4 Å². The van der Waals surface area contributed by atoms with Crippen LogP contribution in [0.25, 0.3) is 0 Å². The highest BCUT2D eigenvalue weighted by atomic mass is 35.5. The van der Waals surface area contributed by atoms with Gasteiger partial charge in [-0.05, 0) is 18.4 Å². The van der Waals surface area contributed by atoms with Crippen molar-refractivity contribution < 1.29 is 18.0 Å². The number of nitrogens with one attached hydrogen (secondary N) is 2. The molecule has 124 valence electrons. The van der Waals surface area contributed by atoms with Crippen LogP contribution in [0.3, 0.4) is 0 Å². The summed E-state index contributed by atoms with van der Waals surface area (Å²) in [6.45, 7) is 1.87. The lowest BCUT2D eigenvalue weighted by molar-refractivity contribution is -0.138. The van der Waals surface area contributed by atoms with Gasteiger partial charge in [0.15, 0.2) is 0 Å². The number of allylic oxidation sites excluding steroid dienone is 3. The van der Waals surface area contributed by atoms with Crippen LogP contribution in [0.4, 0.5) is 19.1 Å². The highest BCUT2D eigenvalue weighted by Gasteiger charge is 2.34. The van der Waals surface area contributed by atoms with E-state index < -0.39 is 16.9 Å². The van der Waals surface area contributed by atoms with Crippen LogP contribution in [0.1, 0.15) is 18.9 Å². The van der Waals surface area contributed by atoms with E-state index in [1.807, 2.05) is 6.92 Å². The number of nitrogens with zero attached hydrogens (tertiary/aromatic N) is 2. The van der Waals surface area contributed by atoms with E-state index in [0.717, 1.165) is 0 Å². The molecule has 9 heteroatoms. The molecule has 1 aromatic heterocycles. The number of halogens is 4. The minimum absolute atomic E-state index is 0.0294. The van der Waals surface area contributed by atoms with Crippen LogP contribution >= 0.6 is 11.6 Å². The first-order valence-corrected chi connectivity index (χ1v) is 7.09. The Bertz CT molecular complexity index is 685. The normalized spacial score (nSPS) is 18.1. The van der Waals surface area contributed by atoms with Crippen molar-refractivity contribution in [2.45, 2.75) is 19.5 Å². The lowest BCUT2D eigenvalue weighted by Gasteiger charge is -2.21.